The summed E-state index contributed by atoms with van der Waals surface area (Å²) >= 11 is 0. The summed E-state index contributed by atoms with van der Waals surface area (Å²) in [6.07, 6.45) is 0.658. The summed E-state index contributed by atoms with van der Waals surface area (Å²) in [7, 11) is 0. The molecular weight excluding hydrogens is 250 g/mol. The Bertz CT molecular complexity index is 425. The molecule has 0 aliphatic carbocycles. The normalized spacial score (nSPS) is 11.9. The van der Waals surface area contributed by atoms with E-state index in [1.54, 1.807) is 12.1 Å². The van der Waals surface area contributed by atoms with Crippen molar-refractivity contribution in [2.75, 3.05) is 23.8 Å². The van der Waals surface area contributed by atoms with Gasteiger partial charge in [-0.05, 0) is 18.6 Å². The summed E-state index contributed by atoms with van der Waals surface area (Å²) in [5.41, 5.74) is 0.735. The number of aliphatic hydroxyl groups excluding tert-OH is 2. The molecule has 19 heavy (non-hydrogen) atoms. The van der Waals surface area contributed by atoms with Gasteiger partial charge in [-0.25, -0.2) is 0 Å². The van der Waals surface area contributed by atoms with Crippen LogP contribution in [0.15, 0.2) is 18.2 Å². The van der Waals surface area contributed by atoms with Crippen LogP contribution in [0.5, 0.6) is 0 Å². The van der Waals surface area contributed by atoms with Crippen molar-refractivity contribution >= 4 is 17.1 Å². The number of aliphatic hydroxyl groups is 2. The van der Waals surface area contributed by atoms with Gasteiger partial charge in [-0.15, -0.1) is 0 Å². The molecule has 1 rings (SSSR count). The van der Waals surface area contributed by atoms with Crippen molar-refractivity contribution in [2.24, 2.45) is 0 Å². The lowest BCUT2D eigenvalue weighted by atomic mass is 10.2. The predicted molar refractivity (Wildman–Crippen MR) is 73.2 cm³/mol. The third-order valence-corrected chi connectivity index (χ3v) is 2.52. The number of hydrogen-bond acceptors (Lipinski definition) is 6. The molecule has 0 heterocycles. The van der Waals surface area contributed by atoms with Crippen molar-refractivity contribution in [2.45, 2.75) is 26.0 Å². The number of nitro benzene ring substituents is 1. The van der Waals surface area contributed by atoms with Crippen LogP contribution in [-0.2, 0) is 0 Å². The maximum Gasteiger partial charge on any atom is 0.294 e. The number of hydrogen-bond donors (Lipinski definition) is 4. The smallest absolute Gasteiger partial charge is 0.294 e. The lowest BCUT2D eigenvalue weighted by Gasteiger charge is -2.14. The molecule has 0 aliphatic heterocycles. The average Bonchev–Trinajstić information content (AvgIpc) is 2.37. The van der Waals surface area contributed by atoms with E-state index in [4.69, 9.17) is 5.11 Å². The van der Waals surface area contributed by atoms with E-state index in [1.807, 2.05) is 6.92 Å². The zero-order valence-electron chi connectivity index (χ0n) is 10.8. The summed E-state index contributed by atoms with van der Waals surface area (Å²) in [5.74, 6) is 0. The fourth-order valence-electron chi connectivity index (χ4n) is 1.65. The SMILES string of the molecule is CCCC(O)Nc1ccc(NCCO)c([N+](=O)[O-])c1. The van der Waals surface area contributed by atoms with Gasteiger partial charge < -0.3 is 20.8 Å². The van der Waals surface area contributed by atoms with E-state index in [0.29, 0.717) is 17.8 Å². The Labute approximate surface area is 111 Å². The van der Waals surface area contributed by atoms with Crippen LogP contribution in [0.2, 0.25) is 0 Å². The van der Waals surface area contributed by atoms with Gasteiger partial charge in [-0.2, -0.15) is 0 Å². The van der Waals surface area contributed by atoms with E-state index < -0.39 is 11.2 Å². The van der Waals surface area contributed by atoms with Crippen LogP contribution >= 0.6 is 0 Å². The van der Waals surface area contributed by atoms with Crippen molar-refractivity contribution < 1.29 is 15.1 Å². The number of nitrogens with one attached hydrogen (secondary N) is 2. The number of nitro groups is 1. The van der Waals surface area contributed by atoms with Crippen LogP contribution in [0.4, 0.5) is 17.1 Å². The first-order valence-corrected chi connectivity index (χ1v) is 6.16. The molecule has 0 saturated heterocycles. The molecule has 0 radical (unpaired) electrons. The van der Waals surface area contributed by atoms with Crippen molar-refractivity contribution in [3.63, 3.8) is 0 Å². The Kier molecular flexibility index (Phi) is 6.04. The summed E-state index contributed by atoms with van der Waals surface area (Å²) in [6, 6.07) is 4.55. The first-order valence-electron chi connectivity index (χ1n) is 6.16. The zero-order valence-corrected chi connectivity index (χ0v) is 10.8. The molecule has 1 unspecified atom stereocenters. The number of anilines is 2. The molecule has 1 atom stereocenters. The van der Waals surface area contributed by atoms with Gasteiger partial charge >= 0.3 is 0 Å². The Hall–Kier alpha value is -1.86. The molecule has 1 aromatic rings. The molecule has 0 aliphatic rings. The van der Waals surface area contributed by atoms with Gasteiger partial charge in [0, 0.05) is 18.3 Å². The molecule has 0 spiro atoms. The Morgan fingerprint density at radius 1 is 1.47 bits per heavy atom. The van der Waals surface area contributed by atoms with Gasteiger partial charge in [0.25, 0.3) is 5.69 Å². The Morgan fingerprint density at radius 2 is 2.21 bits per heavy atom. The van der Waals surface area contributed by atoms with Gasteiger partial charge in [0.15, 0.2) is 0 Å². The van der Waals surface area contributed by atoms with Crippen molar-refractivity contribution in [3.05, 3.63) is 28.3 Å². The molecular formula is C12H19N3O4. The predicted octanol–water partition coefficient (Wildman–Crippen LogP) is 1.53. The number of benzene rings is 1. The van der Waals surface area contributed by atoms with Gasteiger partial charge in [0.2, 0.25) is 0 Å². The first-order chi connectivity index (χ1) is 9.08. The van der Waals surface area contributed by atoms with E-state index in [9.17, 15) is 15.2 Å². The van der Waals surface area contributed by atoms with E-state index in [-0.39, 0.29) is 18.8 Å². The van der Waals surface area contributed by atoms with Gasteiger partial charge in [-0.1, -0.05) is 13.3 Å². The highest BCUT2D eigenvalue weighted by atomic mass is 16.6. The summed E-state index contributed by atoms with van der Waals surface area (Å²) < 4.78 is 0. The lowest BCUT2D eigenvalue weighted by Crippen LogP contribution is -2.18. The minimum absolute atomic E-state index is 0.0952. The van der Waals surface area contributed by atoms with E-state index in [0.717, 1.165) is 6.42 Å². The maximum atomic E-state index is 11.0. The minimum atomic E-state index is -0.721. The summed E-state index contributed by atoms with van der Waals surface area (Å²) in [4.78, 5) is 10.5. The molecule has 0 bridgehead atoms. The van der Waals surface area contributed by atoms with E-state index in [2.05, 4.69) is 10.6 Å². The van der Waals surface area contributed by atoms with Gasteiger partial charge in [0.05, 0.1) is 11.5 Å². The quantitative estimate of drug-likeness (QED) is 0.324. The second-order valence-electron chi connectivity index (χ2n) is 4.09. The Morgan fingerprint density at radius 3 is 2.79 bits per heavy atom. The molecule has 0 amide bonds. The van der Waals surface area contributed by atoms with Gasteiger partial charge in [-0.3, -0.25) is 10.1 Å². The third kappa shape index (κ3) is 4.72. The molecule has 7 nitrogen and oxygen atoms in total. The van der Waals surface area contributed by atoms with Crippen molar-refractivity contribution in [3.8, 4) is 0 Å². The molecule has 0 saturated carbocycles. The Balaban J connectivity index is 2.86. The van der Waals surface area contributed by atoms with Crippen LogP contribution in [0.3, 0.4) is 0 Å². The van der Waals surface area contributed by atoms with Crippen LogP contribution in [0, 0.1) is 10.1 Å². The van der Waals surface area contributed by atoms with E-state index >= 15 is 0 Å². The van der Waals surface area contributed by atoms with Crippen LogP contribution in [0.1, 0.15) is 19.8 Å². The molecule has 7 heteroatoms. The van der Waals surface area contributed by atoms with Crippen LogP contribution < -0.4 is 10.6 Å². The second-order valence-corrected chi connectivity index (χ2v) is 4.09. The lowest BCUT2D eigenvalue weighted by molar-refractivity contribution is -0.383. The highest BCUT2D eigenvalue weighted by Crippen LogP contribution is 2.28. The highest BCUT2D eigenvalue weighted by Gasteiger charge is 2.15. The molecule has 106 valence electrons. The second kappa shape index (κ2) is 7.55. The van der Waals surface area contributed by atoms with E-state index in [1.165, 1.54) is 6.07 Å². The number of rotatable bonds is 8. The molecule has 0 fully saturated rings. The standard InChI is InChI=1S/C12H19N3O4/c1-2-3-12(17)14-9-4-5-10(13-6-7-16)11(8-9)15(18)19/h4-5,8,12-14,16-17H,2-3,6-7H2,1H3. The summed E-state index contributed by atoms with van der Waals surface area (Å²) in [6.45, 7) is 2.08. The van der Waals surface area contributed by atoms with Crippen molar-refractivity contribution in [1.82, 2.24) is 0 Å². The monoisotopic (exact) mass is 269 g/mol. The van der Waals surface area contributed by atoms with Crippen LogP contribution in [0.25, 0.3) is 0 Å². The zero-order chi connectivity index (χ0) is 14.3. The fourth-order valence-corrected chi connectivity index (χ4v) is 1.65. The fraction of sp³-hybridized carbons (Fsp3) is 0.500. The topological polar surface area (TPSA) is 108 Å². The maximum absolute atomic E-state index is 11.0. The highest BCUT2D eigenvalue weighted by molar-refractivity contribution is 5.68. The minimum Gasteiger partial charge on any atom is -0.395 e. The van der Waals surface area contributed by atoms with Crippen molar-refractivity contribution in [1.29, 1.82) is 0 Å². The molecule has 0 aromatic heterocycles. The molecule has 4 N–H and O–H groups in total. The summed E-state index contributed by atoms with van der Waals surface area (Å²) in [5, 5.41) is 34.8. The van der Waals surface area contributed by atoms with Crippen LogP contribution in [-0.4, -0.2) is 34.5 Å². The number of nitrogens with zero attached hydrogens (tertiary/aromatic N) is 1. The largest absolute Gasteiger partial charge is 0.395 e. The third-order valence-electron chi connectivity index (χ3n) is 2.52. The average molecular weight is 269 g/mol. The first kappa shape index (κ1) is 15.2. The molecule has 1 aromatic carbocycles. The van der Waals surface area contributed by atoms with Gasteiger partial charge in [0.1, 0.15) is 11.9 Å².